The molecule has 2 aromatic rings. The summed E-state index contributed by atoms with van der Waals surface area (Å²) in [7, 11) is 0.146. The summed E-state index contributed by atoms with van der Waals surface area (Å²) in [5.41, 5.74) is 2.94. The van der Waals surface area contributed by atoms with Gasteiger partial charge in [-0.15, -0.1) is 0 Å². The van der Waals surface area contributed by atoms with Gasteiger partial charge in [-0.1, -0.05) is 11.6 Å². The topological polar surface area (TPSA) is 89.7 Å². The van der Waals surface area contributed by atoms with Crippen molar-refractivity contribution in [2.75, 3.05) is 53.6 Å². The third kappa shape index (κ3) is 8.55. The Labute approximate surface area is 267 Å². The van der Waals surface area contributed by atoms with E-state index in [1.165, 1.54) is 4.31 Å². The van der Waals surface area contributed by atoms with Crippen LogP contribution in [0.1, 0.15) is 42.1 Å². The lowest BCUT2D eigenvalue weighted by molar-refractivity contribution is -0.171. The van der Waals surface area contributed by atoms with Crippen LogP contribution in [-0.2, 0) is 30.7 Å². The first-order valence-corrected chi connectivity index (χ1v) is 16.4. The van der Waals surface area contributed by atoms with Gasteiger partial charge in [-0.25, -0.2) is 13.3 Å². The zero-order valence-electron chi connectivity index (χ0n) is 25.4. The van der Waals surface area contributed by atoms with E-state index in [-0.39, 0.29) is 43.1 Å². The van der Waals surface area contributed by atoms with Crippen molar-refractivity contribution >= 4 is 33.1 Å². The van der Waals surface area contributed by atoms with Crippen LogP contribution < -0.4 is 4.74 Å². The van der Waals surface area contributed by atoms with Crippen molar-refractivity contribution in [2.24, 2.45) is 5.92 Å². The molecule has 1 saturated heterocycles. The minimum absolute atomic E-state index is 0.00884. The summed E-state index contributed by atoms with van der Waals surface area (Å²) in [4.78, 5) is 16.7. The number of alkyl halides is 3. The molecule has 4 rings (SSSR count). The van der Waals surface area contributed by atoms with Gasteiger partial charge in [-0.05, 0) is 93.2 Å². The lowest BCUT2D eigenvalue weighted by Crippen LogP contribution is -2.34. The maximum Gasteiger partial charge on any atom is 0.449 e. The quantitative estimate of drug-likeness (QED) is 0.186. The summed E-state index contributed by atoms with van der Waals surface area (Å²) in [6.07, 6.45) is -4.58. The van der Waals surface area contributed by atoms with Gasteiger partial charge in [0.05, 0.1) is 37.3 Å². The number of sulfonamides is 1. The average molecular weight is 672 g/mol. The Morgan fingerprint density at radius 1 is 1.16 bits per heavy atom. The number of likely N-dealkylation sites (N-methyl/N-ethyl adjacent to an activating group) is 1. The normalized spacial score (nSPS) is 20.4. The van der Waals surface area contributed by atoms with Crippen LogP contribution in [0.15, 0.2) is 35.2 Å². The van der Waals surface area contributed by atoms with E-state index in [1.54, 1.807) is 31.2 Å². The van der Waals surface area contributed by atoms with Crippen LogP contribution in [0.3, 0.4) is 0 Å². The number of hydrogen-bond acceptors (Lipinski definition) is 7. The van der Waals surface area contributed by atoms with Gasteiger partial charge in [0.25, 0.3) is 0 Å². The first kappa shape index (κ1) is 35.1. The van der Waals surface area contributed by atoms with E-state index < -0.39 is 34.5 Å². The molecule has 0 aromatic heterocycles. The highest BCUT2D eigenvalue weighted by Gasteiger charge is 2.39. The number of benzene rings is 2. The van der Waals surface area contributed by atoms with Gasteiger partial charge in [-0.2, -0.15) is 17.5 Å². The molecule has 1 heterocycles. The highest BCUT2D eigenvalue weighted by Crippen LogP contribution is 2.44. The van der Waals surface area contributed by atoms with Gasteiger partial charge in [0.15, 0.2) is 5.69 Å². The molecule has 0 N–H and O–H groups in total. The molecule has 0 bridgehead atoms. The van der Waals surface area contributed by atoms with Crippen molar-refractivity contribution in [3.05, 3.63) is 63.5 Å². The second-order valence-electron chi connectivity index (χ2n) is 11.5. The van der Waals surface area contributed by atoms with E-state index in [0.29, 0.717) is 54.6 Å². The van der Waals surface area contributed by atoms with Crippen molar-refractivity contribution in [1.82, 2.24) is 9.21 Å². The van der Waals surface area contributed by atoms with E-state index in [1.807, 2.05) is 25.1 Å². The Bertz CT molecular complexity index is 1530. The Hall–Kier alpha value is -2.73. The highest BCUT2D eigenvalue weighted by molar-refractivity contribution is 7.89. The molecule has 2 aromatic carbocycles. The number of ether oxygens (including phenoxy) is 3. The van der Waals surface area contributed by atoms with Crippen LogP contribution in [0.4, 0.5) is 18.9 Å². The third-order valence-electron chi connectivity index (χ3n) is 8.10. The minimum atomic E-state index is -4.82. The van der Waals surface area contributed by atoms with Crippen LogP contribution in [-0.4, -0.2) is 89.2 Å². The van der Waals surface area contributed by atoms with Crippen LogP contribution in [0.2, 0.25) is 5.02 Å². The van der Waals surface area contributed by atoms with Crippen molar-refractivity contribution in [3.63, 3.8) is 0 Å². The standard InChI is InChI=1S/C31H37ClF3N3O6S/c1-20-14-23(7-8-28(20)44-30-25-15-22(32)16-26(36-2)24(25)17-27(30)37(3)4)45(40,41)38-10-9-21(18-38)19-43-13-12-42-11-5-6-29(39)31(33,34)35/h7-8,14-16,21,27,30H,5-6,9-13,17-19H2,1,3-4H3/t21-,27-,30-/m0/s1. The van der Waals surface area contributed by atoms with E-state index in [2.05, 4.69) is 4.85 Å². The number of nitrogens with zero attached hydrogens (tertiary/aromatic N) is 3. The molecule has 0 spiro atoms. The van der Waals surface area contributed by atoms with Crippen molar-refractivity contribution in [3.8, 4) is 5.75 Å². The van der Waals surface area contributed by atoms with Crippen LogP contribution in [0, 0.1) is 19.4 Å². The summed E-state index contributed by atoms with van der Waals surface area (Å²) < 4.78 is 82.3. The predicted molar refractivity (Wildman–Crippen MR) is 162 cm³/mol. The largest absolute Gasteiger partial charge is 0.484 e. The molecule has 246 valence electrons. The lowest BCUT2D eigenvalue weighted by Gasteiger charge is -2.28. The first-order valence-electron chi connectivity index (χ1n) is 14.6. The SMILES string of the molecule is [C-]#[N+]c1cc(Cl)cc2c1C[C@H](N(C)C)[C@H]2Oc1ccc(S(=O)(=O)N2CC[C@H](COCCOCCCC(=O)C(F)(F)F)C2)cc1C. The van der Waals surface area contributed by atoms with E-state index in [9.17, 15) is 26.4 Å². The Morgan fingerprint density at radius 3 is 2.56 bits per heavy atom. The van der Waals surface area contributed by atoms with Crippen LogP contribution >= 0.6 is 11.6 Å². The van der Waals surface area contributed by atoms with Gasteiger partial charge >= 0.3 is 6.18 Å². The summed E-state index contributed by atoms with van der Waals surface area (Å²) in [6, 6.07) is 8.29. The molecule has 0 unspecified atom stereocenters. The molecule has 0 radical (unpaired) electrons. The fourth-order valence-electron chi connectivity index (χ4n) is 5.64. The summed E-state index contributed by atoms with van der Waals surface area (Å²) in [5, 5.41) is 0.464. The third-order valence-corrected chi connectivity index (χ3v) is 10.2. The molecular weight excluding hydrogens is 635 g/mol. The summed E-state index contributed by atoms with van der Waals surface area (Å²) >= 11 is 6.32. The van der Waals surface area contributed by atoms with Gasteiger partial charge in [0.1, 0.15) is 11.9 Å². The number of fused-ring (bicyclic) bond motifs is 1. The molecule has 14 heteroatoms. The van der Waals surface area contributed by atoms with Gasteiger partial charge in [0.2, 0.25) is 15.8 Å². The Kier molecular flexibility index (Phi) is 11.5. The molecular formula is C31H37ClF3N3O6S. The molecule has 3 atom stereocenters. The molecule has 45 heavy (non-hydrogen) atoms. The zero-order chi connectivity index (χ0) is 32.9. The number of rotatable bonds is 14. The number of aryl methyl sites for hydroxylation is 1. The maximum absolute atomic E-state index is 13.5. The number of Topliss-reactive ketones (excluding diaryl/α,β-unsaturated/α-hetero) is 1. The van der Waals surface area contributed by atoms with Gasteiger partial charge in [0, 0.05) is 31.1 Å². The van der Waals surface area contributed by atoms with Gasteiger partial charge in [-0.3, -0.25) is 4.79 Å². The minimum Gasteiger partial charge on any atom is -0.484 e. The van der Waals surface area contributed by atoms with Crippen molar-refractivity contribution in [1.29, 1.82) is 0 Å². The molecule has 1 aliphatic carbocycles. The molecule has 1 aliphatic heterocycles. The van der Waals surface area contributed by atoms with Crippen molar-refractivity contribution < 1.29 is 40.6 Å². The predicted octanol–water partition coefficient (Wildman–Crippen LogP) is 5.76. The summed E-state index contributed by atoms with van der Waals surface area (Å²) in [6.45, 7) is 10.7. The smallest absolute Gasteiger partial charge is 0.449 e. The van der Waals surface area contributed by atoms with Crippen LogP contribution in [0.5, 0.6) is 5.75 Å². The molecule has 1 fully saturated rings. The lowest BCUT2D eigenvalue weighted by atomic mass is 10.1. The fourth-order valence-corrected chi connectivity index (χ4v) is 7.47. The number of halogens is 4. The van der Waals surface area contributed by atoms with E-state index in [4.69, 9.17) is 32.4 Å². The Balaban J connectivity index is 1.30. The number of ketones is 1. The zero-order valence-corrected chi connectivity index (χ0v) is 27.0. The number of carbonyl (C=O) groups is 1. The number of hydrogen-bond donors (Lipinski definition) is 0. The summed E-state index contributed by atoms with van der Waals surface area (Å²) in [5.74, 6) is -1.23. The molecule has 9 nitrogen and oxygen atoms in total. The fraction of sp³-hybridized carbons (Fsp3) is 0.548. The molecule has 2 aliphatic rings. The Morgan fingerprint density at radius 2 is 1.89 bits per heavy atom. The monoisotopic (exact) mass is 671 g/mol. The second-order valence-corrected chi connectivity index (χ2v) is 13.9. The van der Waals surface area contributed by atoms with Gasteiger partial charge < -0.3 is 19.1 Å². The molecule has 0 saturated carbocycles. The molecule has 0 amide bonds. The maximum atomic E-state index is 13.5. The van der Waals surface area contributed by atoms with E-state index >= 15 is 0 Å². The highest BCUT2D eigenvalue weighted by atomic mass is 35.5. The average Bonchev–Trinajstić information content (AvgIpc) is 3.60. The second kappa shape index (κ2) is 14.8. The van der Waals surface area contributed by atoms with Crippen LogP contribution in [0.25, 0.3) is 4.85 Å². The van der Waals surface area contributed by atoms with E-state index in [0.717, 1.165) is 11.1 Å². The number of carbonyl (C=O) groups excluding carboxylic acids is 1. The van der Waals surface area contributed by atoms with Crippen molar-refractivity contribution in [2.45, 2.75) is 55.8 Å². The first-order chi connectivity index (χ1) is 21.2.